The first kappa shape index (κ1) is 7.95. The Balaban J connectivity index is 2.35. The normalized spacial score (nSPS) is 36.3. The van der Waals surface area contributed by atoms with Crippen LogP contribution in [0.5, 0.6) is 0 Å². The zero-order chi connectivity index (χ0) is 7.56. The lowest BCUT2D eigenvalue weighted by molar-refractivity contribution is 0.117. The fraction of sp³-hybridized carbons (Fsp3) is 1.00. The Bertz CT molecular complexity index is 97.8. The van der Waals surface area contributed by atoms with Crippen LogP contribution in [0.1, 0.15) is 13.3 Å². The molecule has 0 bridgehead atoms. The van der Waals surface area contributed by atoms with Crippen LogP contribution in [0.15, 0.2) is 0 Å². The molecule has 1 saturated heterocycles. The van der Waals surface area contributed by atoms with E-state index in [1.54, 1.807) is 5.01 Å². The van der Waals surface area contributed by atoms with Crippen molar-refractivity contribution in [1.82, 2.24) is 5.01 Å². The monoisotopic (exact) mass is 146 g/mol. The van der Waals surface area contributed by atoms with Gasteiger partial charge in [0.25, 0.3) is 0 Å². The van der Waals surface area contributed by atoms with E-state index >= 15 is 0 Å². The highest BCUT2D eigenvalue weighted by Gasteiger charge is 2.22. The number of alkyl halides is 1. The molecular formula is C7H15FN2. The first-order valence-electron chi connectivity index (χ1n) is 3.78. The molecule has 0 aromatic heterocycles. The van der Waals surface area contributed by atoms with Gasteiger partial charge in [-0.1, -0.05) is 6.92 Å². The predicted octanol–water partition coefficient (Wildman–Crippen LogP) is 0.788. The third kappa shape index (κ3) is 1.92. The lowest BCUT2D eigenvalue weighted by atomic mass is 9.92. The minimum absolute atomic E-state index is 0.175. The smallest absolute Gasteiger partial charge is 0.0935 e. The molecule has 1 heterocycles. The Labute approximate surface area is 61.2 Å². The van der Waals surface area contributed by atoms with Gasteiger partial charge in [0, 0.05) is 19.0 Å². The number of nitrogens with zero attached hydrogens (tertiary/aromatic N) is 1. The van der Waals surface area contributed by atoms with Crippen molar-refractivity contribution in [1.29, 1.82) is 0 Å². The van der Waals surface area contributed by atoms with E-state index in [4.69, 9.17) is 5.84 Å². The molecule has 60 valence electrons. The molecule has 10 heavy (non-hydrogen) atoms. The molecule has 0 aromatic rings. The van der Waals surface area contributed by atoms with Gasteiger partial charge in [-0.3, -0.25) is 10.2 Å². The zero-order valence-corrected chi connectivity index (χ0v) is 6.39. The second-order valence-corrected chi connectivity index (χ2v) is 3.32. The number of hydrazine groups is 1. The van der Waals surface area contributed by atoms with Crippen LogP contribution in [-0.4, -0.2) is 24.8 Å². The number of hydrogen-bond donors (Lipinski definition) is 1. The molecule has 2 unspecified atom stereocenters. The fourth-order valence-corrected chi connectivity index (χ4v) is 1.64. The summed E-state index contributed by atoms with van der Waals surface area (Å²) in [5.41, 5.74) is 0. The highest BCUT2D eigenvalue weighted by Crippen LogP contribution is 2.19. The van der Waals surface area contributed by atoms with Crippen LogP contribution >= 0.6 is 0 Å². The van der Waals surface area contributed by atoms with Gasteiger partial charge in [-0.25, -0.2) is 5.01 Å². The Kier molecular flexibility index (Phi) is 2.63. The maximum absolute atomic E-state index is 12.1. The molecule has 1 rings (SSSR count). The van der Waals surface area contributed by atoms with Crippen LogP contribution < -0.4 is 5.84 Å². The van der Waals surface area contributed by atoms with E-state index < -0.39 is 0 Å². The molecule has 3 heteroatoms. The average Bonchev–Trinajstić information content (AvgIpc) is 1.85. The summed E-state index contributed by atoms with van der Waals surface area (Å²) in [5, 5.41) is 1.72. The summed E-state index contributed by atoms with van der Waals surface area (Å²) in [6.45, 7) is 3.52. The molecular weight excluding hydrogens is 131 g/mol. The van der Waals surface area contributed by atoms with Gasteiger partial charge in [-0.15, -0.1) is 0 Å². The maximum Gasteiger partial charge on any atom is 0.0935 e. The van der Waals surface area contributed by atoms with Crippen molar-refractivity contribution in [3.63, 3.8) is 0 Å². The average molecular weight is 146 g/mol. The van der Waals surface area contributed by atoms with Crippen molar-refractivity contribution in [3.8, 4) is 0 Å². The summed E-state index contributed by atoms with van der Waals surface area (Å²) >= 11 is 0. The van der Waals surface area contributed by atoms with Gasteiger partial charge >= 0.3 is 0 Å². The number of rotatable bonds is 1. The van der Waals surface area contributed by atoms with Gasteiger partial charge in [0.05, 0.1) is 6.67 Å². The van der Waals surface area contributed by atoms with Crippen molar-refractivity contribution in [3.05, 3.63) is 0 Å². The van der Waals surface area contributed by atoms with Gasteiger partial charge in [0.1, 0.15) is 0 Å². The van der Waals surface area contributed by atoms with Gasteiger partial charge in [0.2, 0.25) is 0 Å². The van der Waals surface area contributed by atoms with Gasteiger partial charge < -0.3 is 0 Å². The van der Waals surface area contributed by atoms with E-state index in [1.807, 2.05) is 0 Å². The van der Waals surface area contributed by atoms with E-state index in [9.17, 15) is 4.39 Å². The quantitative estimate of drug-likeness (QED) is 0.554. The first-order chi connectivity index (χ1) is 4.72. The molecule has 0 amide bonds. The highest BCUT2D eigenvalue weighted by molar-refractivity contribution is 4.73. The molecule has 1 fully saturated rings. The Morgan fingerprint density at radius 2 is 2.30 bits per heavy atom. The first-order valence-corrected chi connectivity index (χ1v) is 3.78. The van der Waals surface area contributed by atoms with E-state index in [0.717, 1.165) is 19.5 Å². The van der Waals surface area contributed by atoms with Crippen molar-refractivity contribution < 1.29 is 4.39 Å². The zero-order valence-electron chi connectivity index (χ0n) is 6.39. The van der Waals surface area contributed by atoms with Crippen LogP contribution in [0.2, 0.25) is 0 Å². The van der Waals surface area contributed by atoms with Crippen LogP contribution in [0.25, 0.3) is 0 Å². The summed E-state index contributed by atoms with van der Waals surface area (Å²) in [6.07, 6.45) is 0.990. The largest absolute Gasteiger partial charge is 0.269 e. The van der Waals surface area contributed by atoms with E-state index in [1.165, 1.54) is 0 Å². The Morgan fingerprint density at radius 1 is 1.60 bits per heavy atom. The summed E-state index contributed by atoms with van der Waals surface area (Å²) in [6, 6.07) is 0. The minimum Gasteiger partial charge on any atom is -0.269 e. The third-order valence-electron chi connectivity index (χ3n) is 1.99. The number of halogens is 1. The van der Waals surface area contributed by atoms with Gasteiger partial charge in [0.15, 0.2) is 0 Å². The number of piperidine rings is 1. The molecule has 0 radical (unpaired) electrons. The van der Waals surface area contributed by atoms with Crippen molar-refractivity contribution >= 4 is 0 Å². The van der Waals surface area contributed by atoms with Crippen LogP contribution in [0.4, 0.5) is 4.39 Å². The fourth-order valence-electron chi connectivity index (χ4n) is 1.64. The van der Waals surface area contributed by atoms with E-state index in [0.29, 0.717) is 5.92 Å². The number of nitrogens with two attached hydrogens (primary N) is 1. The lowest BCUT2D eigenvalue weighted by Crippen LogP contribution is -2.44. The van der Waals surface area contributed by atoms with Gasteiger partial charge in [-0.05, 0) is 12.3 Å². The molecule has 1 aliphatic rings. The summed E-state index contributed by atoms with van der Waals surface area (Å²) in [4.78, 5) is 0. The second kappa shape index (κ2) is 3.30. The van der Waals surface area contributed by atoms with E-state index in [-0.39, 0.29) is 12.6 Å². The molecule has 0 aliphatic carbocycles. The lowest BCUT2D eigenvalue weighted by Gasteiger charge is -2.31. The minimum atomic E-state index is -0.224. The molecule has 1 aliphatic heterocycles. The van der Waals surface area contributed by atoms with Crippen LogP contribution in [-0.2, 0) is 0 Å². The van der Waals surface area contributed by atoms with Crippen molar-refractivity contribution in [2.75, 3.05) is 19.8 Å². The molecule has 0 saturated carbocycles. The molecule has 2 N–H and O–H groups in total. The van der Waals surface area contributed by atoms with Crippen LogP contribution in [0.3, 0.4) is 0 Å². The molecule has 2 atom stereocenters. The third-order valence-corrected chi connectivity index (χ3v) is 1.99. The molecule has 2 nitrogen and oxygen atoms in total. The molecule has 0 spiro atoms. The van der Waals surface area contributed by atoms with Crippen molar-refractivity contribution in [2.24, 2.45) is 17.7 Å². The topological polar surface area (TPSA) is 29.3 Å². The highest BCUT2D eigenvalue weighted by atomic mass is 19.1. The predicted molar refractivity (Wildman–Crippen MR) is 39.0 cm³/mol. The summed E-state index contributed by atoms with van der Waals surface area (Å²) in [7, 11) is 0. The van der Waals surface area contributed by atoms with Crippen molar-refractivity contribution in [2.45, 2.75) is 13.3 Å². The second-order valence-electron chi connectivity index (χ2n) is 3.32. The Morgan fingerprint density at radius 3 is 2.80 bits per heavy atom. The number of hydrogen-bond acceptors (Lipinski definition) is 2. The van der Waals surface area contributed by atoms with Gasteiger partial charge in [-0.2, -0.15) is 0 Å². The maximum atomic E-state index is 12.1. The Hall–Kier alpha value is -0.150. The SMILES string of the molecule is CC1CC(CF)CN(N)C1. The summed E-state index contributed by atoms with van der Waals surface area (Å²) < 4.78 is 12.1. The van der Waals surface area contributed by atoms with Crippen LogP contribution in [0, 0.1) is 11.8 Å². The van der Waals surface area contributed by atoms with E-state index in [2.05, 4.69) is 6.92 Å². The summed E-state index contributed by atoms with van der Waals surface area (Å²) in [5.74, 6) is 6.29. The standard InChI is InChI=1S/C7H15FN2/c1-6-2-7(3-8)5-10(9)4-6/h6-7H,2-5,9H2,1H3. The molecule has 0 aromatic carbocycles.